The summed E-state index contributed by atoms with van der Waals surface area (Å²) in [5.74, 6) is -0.814. The van der Waals surface area contributed by atoms with Gasteiger partial charge in [-0.25, -0.2) is 8.42 Å². The number of amides is 1. The van der Waals surface area contributed by atoms with Gasteiger partial charge >= 0.3 is 5.97 Å². The Kier molecular flexibility index (Phi) is 3.91. The van der Waals surface area contributed by atoms with Gasteiger partial charge in [-0.2, -0.15) is 0 Å². The van der Waals surface area contributed by atoms with Crippen molar-refractivity contribution in [3.8, 4) is 0 Å². The molecule has 2 aliphatic rings. The molecule has 1 aromatic carbocycles. The van der Waals surface area contributed by atoms with Crippen molar-refractivity contribution < 1.29 is 23.1 Å². The summed E-state index contributed by atoms with van der Waals surface area (Å²) in [5.41, 5.74) is 1.07. The summed E-state index contributed by atoms with van der Waals surface area (Å²) in [6.07, 6.45) is 1.77. The monoisotopic (exact) mass is 337 g/mol. The van der Waals surface area contributed by atoms with Gasteiger partial charge in [0.1, 0.15) is 9.84 Å². The molecule has 1 unspecified atom stereocenters. The zero-order valence-electron chi connectivity index (χ0n) is 12.6. The lowest BCUT2D eigenvalue weighted by Gasteiger charge is -2.22. The Bertz CT molecular complexity index is 741. The van der Waals surface area contributed by atoms with E-state index in [0.717, 1.165) is 6.42 Å². The highest BCUT2D eigenvalue weighted by atomic mass is 32.2. The first-order valence-corrected chi connectivity index (χ1v) is 9.44. The minimum absolute atomic E-state index is 0.0884. The first kappa shape index (κ1) is 16.0. The lowest BCUT2D eigenvalue weighted by molar-refractivity contribution is -0.136. The molecule has 7 heteroatoms. The number of hydrogen-bond donors (Lipinski definition) is 2. The third-order valence-corrected chi connectivity index (χ3v) is 6.53. The van der Waals surface area contributed by atoms with Crippen LogP contribution in [0, 0.1) is 11.3 Å². The maximum Gasteiger partial charge on any atom is 0.307 e. The van der Waals surface area contributed by atoms with E-state index in [1.165, 1.54) is 0 Å². The van der Waals surface area contributed by atoms with Gasteiger partial charge in [0.15, 0.2) is 0 Å². The Morgan fingerprint density at radius 2 is 1.96 bits per heavy atom. The quantitative estimate of drug-likeness (QED) is 0.866. The molecule has 2 N–H and O–H groups in total. The summed E-state index contributed by atoms with van der Waals surface area (Å²) in [4.78, 5) is 23.1. The average molecular weight is 337 g/mol. The van der Waals surface area contributed by atoms with Crippen LogP contribution in [0.25, 0.3) is 0 Å². The molecule has 1 saturated heterocycles. The fraction of sp³-hybridized carbons (Fsp3) is 0.500. The molecule has 1 aromatic rings. The molecule has 1 spiro atoms. The van der Waals surface area contributed by atoms with Gasteiger partial charge in [-0.3, -0.25) is 9.59 Å². The average Bonchev–Trinajstić information content (AvgIpc) is 3.17. The third-order valence-electron chi connectivity index (χ3n) is 4.88. The van der Waals surface area contributed by atoms with Crippen molar-refractivity contribution >= 4 is 27.4 Å². The number of carbonyl (C=O) groups is 2. The van der Waals surface area contributed by atoms with Crippen molar-refractivity contribution in [2.45, 2.75) is 25.7 Å². The Balaban J connectivity index is 1.62. The zero-order valence-corrected chi connectivity index (χ0v) is 13.4. The van der Waals surface area contributed by atoms with Gasteiger partial charge in [0.05, 0.1) is 17.9 Å². The number of benzene rings is 1. The van der Waals surface area contributed by atoms with Crippen LogP contribution in [-0.2, 0) is 25.8 Å². The predicted molar refractivity (Wildman–Crippen MR) is 84.8 cm³/mol. The second-order valence-electron chi connectivity index (χ2n) is 6.53. The van der Waals surface area contributed by atoms with Gasteiger partial charge in [0.25, 0.3) is 0 Å². The molecule has 0 bridgehead atoms. The van der Waals surface area contributed by atoms with E-state index in [0.29, 0.717) is 24.1 Å². The first-order chi connectivity index (χ1) is 10.8. The number of anilines is 1. The molecule has 1 atom stereocenters. The second kappa shape index (κ2) is 5.63. The molecule has 2 fully saturated rings. The molecule has 6 nitrogen and oxygen atoms in total. The summed E-state index contributed by atoms with van der Waals surface area (Å²) < 4.78 is 23.0. The topological polar surface area (TPSA) is 101 Å². The number of rotatable bonds is 4. The largest absolute Gasteiger partial charge is 0.481 e. The van der Waals surface area contributed by atoms with Crippen LogP contribution in [0.4, 0.5) is 5.69 Å². The molecular formula is C16H19NO5S. The van der Waals surface area contributed by atoms with Crippen LogP contribution in [0.3, 0.4) is 0 Å². The van der Waals surface area contributed by atoms with E-state index >= 15 is 0 Å². The van der Waals surface area contributed by atoms with Crippen LogP contribution in [-0.4, -0.2) is 36.9 Å². The number of carboxylic acids is 1. The predicted octanol–water partition coefficient (Wildman–Crippen LogP) is 1.47. The summed E-state index contributed by atoms with van der Waals surface area (Å²) in [6.45, 7) is 0. The van der Waals surface area contributed by atoms with Gasteiger partial charge in [0.2, 0.25) is 5.91 Å². The van der Waals surface area contributed by atoms with Crippen LogP contribution >= 0.6 is 0 Å². The Morgan fingerprint density at radius 1 is 1.26 bits per heavy atom. The molecule has 1 aliphatic carbocycles. The maximum atomic E-state index is 12.4. The van der Waals surface area contributed by atoms with E-state index in [1.54, 1.807) is 24.3 Å². The van der Waals surface area contributed by atoms with Crippen molar-refractivity contribution in [2.75, 3.05) is 16.8 Å². The fourth-order valence-electron chi connectivity index (χ4n) is 3.38. The molecular weight excluding hydrogens is 318 g/mol. The summed E-state index contributed by atoms with van der Waals surface area (Å²) in [7, 11) is -2.93. The molecule has 23 heavy (non-hydrogen) atoms. The lowest BCUT2D eigenvalue weighted by atomic mass is 9.96. The van der Waals surface area contributed by atoms with E-state index < -0.39 is 15.8 Å². The molecule has 3 rings (SSSR count). The van der Waals surface area contributed by atoms with Gasteiger partial charge in [-0.15, -0.1) is 0 Å². The summed E-state index contributed by atoms with van der Waals surface area (Å²) in [6, 6.07) is 6.80. The normalized spacial score (nSPS) is 24.1. The van der Waals surface area contributed by atoms with Crippen molar-refractivity contribution in [2.24, 2.45) is 11.3 Å². The number of carboxylic acid groups (broad SMARTS) is 1. The number of aliphatic carboxylic acids is 1. The zero-order chi connectivity index (χ0) is 16.7. The molecule has 0 radical (unpaired) electrons. The molecule has 124 valence electrons. The van der Waals surface area contributed by atoms with Gasteiger partial charge in [-0.05, 0) is 42.4 Å². The van der Waals surface area contributed by atoms with Crippen LogP contribution in [0.15, 0.2) is 24.3 Å². The van der Waals surface area contributed by atoms with Gasteiger partial charge < -0.3 is 10.4 Å². The highest BCUT2D eigenvalue weighted by Gasteiger charge is 2.59. The smallest absolute Gasteiger partial charge is 0.307 e. The van der Waals surface area contributed by atoms with Crippen molar-refractivity contribution in [3.63, 3.8) is 0 Å². The molecule has 1 heterocycles. The lowest BCUT2D eigenvalue weighted by Crippen LogP contribution is -2.28. The SMILES string of the molecule is O=C(O)Cc1cccc(NC(=O)C2CC23CCS(=O)(=O)CC3)c1. The highest BCUT2D eigenvalue weighted by Crippen LogP contribution is 2.60. The van der Waals surface area contributed by atoms with Gasteiger partial charge in [-0.1, -0.05) is 12.1 Å². The van der Waals surface area contributed by atoms with Crippen LogP contribution in [0.1, 0.15) is 24.8 Å². The van der Waals surface area contributed by atoms with Crippen molar-refractivity contribution in [3.05, 3.63) is 29.8 Å². The third kappa shape index (κ3) is 3.55. The molecule has 0 aromatic heterocycles. The van der Waals surface area contributed by atoms with Crippen LogP contribution in [0.5, 0.6) is 0 Å². The molecule has 1 aliphatic heterocycles. The first-order valence-electron chi connectivity index (χ1n) is 7.62. The standard InChI is InChI=1S/C16H19NO5S/c18-14(19)9-11-2-1-3-12(8-11)17-15(20)13-10-16(13)4-6-23(21,22)7-5-16/h1-3,8,13H,4-7,9-10H2,(H,17,20)(H,18,19). The van der Waals surface area contributed by atoms with Crippen molar-refractivity contribution in [1.29, 1.82) is 0 Å². The number of sulfone groups is 1. The van der Waals surface area contributed by atoms with E-state index in [-0.39, 0.29) is 35.2 Å². The Hall–Kier alpha value is -1.89. The summed E-state index contributed by atoms with van der Waals surface area (Å²) in [5, 5.41) is 11.6. The Labute approximate surface area is 134 Å². The Morgan fingerprint density at radius 3 is 2.61 bits per heavy atom. The number of carbonyl (C=O) groups excluding carboxylic acids is 1. The molecule has 1 saturated carbocycles. The minimum atomic E-state index is -2.93. The number of nitrogens with one attached hydrogen (secondary N) is 1. The van der Waals surface area contributed by atoms with E-state index in [1.807, 2.05) is 0 Å². The van der Waals surface area contributed by atoms with E-state index in [4.69, 9.17) is 5.11 Å². The van der Waals surface area contributed by atoms with Crippen LogP contribution < -0.4 is 5.32 Å². The minimum Gasteiger partial charge on any atom is -0.481 e. The summed E-state index contributed by atoms with van der Waals surface area (Å²) >= 11 is 0. The van der Waals surface area contributed by atoms with Crippen molar-refractivity contribution in [1.82, 2.24) is 0 Å². The van der Waals surface area contributed by atoms with Crippen LogP contribution in [0.2, 0.25) is 0 Å². The van der Waals surface area contributed by atoms with E-state index in [9.17, 15) is 18.0 Å². The molecule has 1 amide bonds. The maximum absolute atomic E-state index is 12.4. The van der Waals surface area contributed by atoms with E-state index in [2.05, 4.69) is 5.32 Å². The van der Waals surface area contributed by atoms with Gasteiger partial charge in [0, 0.05) is 11.6 Å². The second-order valence-corrected chi connectivity index (χ2v) is 8.83. The number of hydrogen-bond acceptors (Lipinski definition) is 4. The fourth-order valence-corrected chi connectivity index (χ4v) is 5.02. The highest BCUT2D eigenvalue weighted by molar-refractivity contribution is 7.91.